The van der Waals surface area contributed by atoms with E-state index in [2.05, 4.69) is 0 Å². The van der Waals surface area contributed by atoms with Gasteiger partial charge in [-0.05, 0) is 30.0 Å². The Hall–Kier alpha value is -2.98. The molecule has 1 aliphatic heterocycles. The van der Waals surface area contributed by atoms with Crippen LogP contribution >= 0.6 is 0 Å². The van der Waals surface area contributed by atoms with E-state index in [-0.39, 0.29) is 25.3 Å². The standard InChI is InChI=1S/C19H24F3N3O5/c1-11(2)9-15(26)23-18(19(20,21)22)16(27)25(17(28)24-18)8-7-12-5-6-13(29-3)14(10-12)30-4/h5-6,10-11H,7-9H2,1-4H3,(H,23,26)(H,24,28)/t18-/m1/s1. The van der Waals surface area contributed by atoms with Gasteiger partial charge in [0.15, 0.2) is 11.5 Å². The van der Waals surface area contributed by atoms with Crippen LogP contribution in [0.4, 0.5) is 18.0 Å². The van der Waals surface area contributed by atoms with Crippen LogP contribution in [-0.2, 0) is 16.0 Å². The van der Waals surface area contributed by atoms with Gasteiger partial charge in [-0.3, -0.25) is 19.8 Å². The SMILES string of the molecule is COc1ccc(CCN2C(=O)N[C@@](NC(=O)CC(C)C)(C(F)(F)F)C2=O)cc1OC. The summed E-state index contributed by atoms with van der Waals surface area (Å²) in [6.07, 6.45) is -5.37. The van der Waals surface area contributed by atoms with Gasteiger partial charge in [0.2, 0.25) is 5.91 Å². The van der Waals surface area contributed by atoms with Gasteiger partial charge in [0.25, 0.3) is 11.6 Å². The first-order valence-corrected chi connectivity index (χ1v) is 9.18. The van der Waals surface area contributed by atoms with Crippen LogP contribution in [0.15, 0.2) is 18.2 Å². The number of benzene rings is 1. The normalized spacial score (nSPS) is 19.1. The Kier molecular flexibility index (Phi) is 6.84. The Morgan fingerprint density at radius 2 is 1.83 bits per heavy atom. The maximum atomic E-state index is 13.7. The van der Waals surface area contributed by atoms with E-state index in [1.165, 1.54) is 14.2 Å². The highest BCUT2D eigenvalue weighted by atomic mass is 19.4. The number of nitrogens with zero attached hydrogens (tertiary/aromatic N) is 1. The molecule has 8 nitrogen and oxygen atoms in total. The Bertz CT molecular complexity index is 828. The van der Waals surface area contributed by atoms with Crippen LogP contribution in [0.1, 0.15) is 25.8 Å². The number of hydrogen-bond acceptors (Lipinski definition) is 5. The molecular formula is C19H24F3N3O5. The molecule has 1 saturated heterocycles. The number of halogens is 3. The van der Waals surface area contributed by atoms with Crippen LogP contribution in [0, 0.1) is 5.92 Å². The zero-order chi connectivity index (χ0) is 22.7. The molecule has 0 unspecified atom stereocenters. The van der Waals surface area contributed by atoms with Crippen molar-refractivity contribution in [3.05, 3.63) is 23.8 Å². The van der Waals surface area contributed by atoms with Crippen molar-refractivity contribution in [3.8, 4) is 11.5 Å². The van der Waals surface area contributed by atoms with Crippen LogP contribution < -0.4 is 20.1 Å². The number of carbonyl (C=O) groups excluding carboxylic acids is 3. The van der Waals surface area contributed by atoms with Gasteiger partial charge < -0.3 is 14.8 Å². The number of imide groups is 1. The molecule has 0 aliphatic carbocycles. The molecule has 0 radical (unpaired) electrons. The molecule has 166 valence electrons. The fourth-order valence-corrected chi connectivity index (χ4v) is 3.03. The molecule has 0 bridgehead atoms. The lowest BCUT2D eigenvalue weighted by Crippen LogP contribution is -2.69. The maximum absolute atomic E-state index is 13.7. The molecule has 1 heterocycles. The minimum Gasteiger partial charge on any atom is -0.493 e. The van der Waals surface area contributed by atoms with Gasteiger partial charge in [0.1, 0.15) is 0 Å². The first-order chi connectivity index (χ1) is 13.9. The molecule has 1 atom stereocenters. The third kappa shape index (κ3) is 4.60. The molecule has 30 heavy (non-hydrogen) atoms. The lowest BCUT2D eigenvalue weighted by atomic mass is 10.1. The molecule has 0 saturated carbocycles. The fourth-order valence-electron chi connectivity index (χ4n) is 3.03. The highest BCUT2D eigenvalue weighted by Crippen LogP contribution is 2.34. The van der Waals surface area contributed by atoms with Gasteiger partial charge >= 0.3 is 12.2 Å². The minimum atomic E-state index is -5.22. The predicted molar refractivity (Wildman–Crippen MR) is 99.9 cm³/mol. The first-order valence-electron chi connectivity index (χ1n) is 9.18. The summed E-state index contributed by atoms with van der Waals surface area (Å²) in [4.78, 5) is 37.2. The summed E-state index contributed by atoms with van der Waals surface area (Å²) in [6, 6.07) is 3.61. The summed E-state index contributed by atoms with van der Waals surface area (Å²) >= 11 is 0. The Morgan fingerprint density at radius 1 is 1.20 bits per heavy atom. The Balaban J connectivity index is 2.21. The van der Waals surface area contributed by atoms with E-state index in [1.807, 2.05) is 0 Å². The smallest absolute Gasteiger partial charge is 0.440 e. The minimum absolute atomic E-state index is 0.0768. The van der Waals surface area contributed by atoms with Crippen LogP contribution in [-0.4, -0.2) is 55.3 Å². The van der Waals surface area contributed by atoms with E-state index in [9.17, 15) is 27.6 Å². The third-order valence-corrected chi connectivity index (χ3v) is 4.52. The van der Waals surface area contributed by atoms with Crippen molar-refractivity contribution in [2.75, 3.05) is 20.8 Å². The molecule has 2 rings (SSSR count). The number of nitrogens with one attached hydrogen (secondary N) is 2. The number of urea groups is 1. The zero-order valence-corrected chi connectivity index (χ0v) is 17.1. The monoisotopic (exact) mass is 431 g/mol. The Labute approximate surface area is 171 Å². The molecule has 11 heteroatoms. The number of amides is 4. The van der Waals surface area contributed by atoms with Crippen molar-refractivity contribution in [3.63, 3.8) is 0 Å². The van der Waals surface area contributed by atoms with Gasteiger partial charge in [0, 0.05) is 13.0 Å². The second-order valence-corrected chi connectivity index (χ2v) is 7.22. The van der Waals surface area contributed by atoms with Gasteiger partial charge in [-0.2, -0.15) is 13.2 Å². The summed E-state index contributed by atoms with van der Waals surface area (Å²) in [5.74, 6) is -1.93. The summed E-state index contributed by atoms with van der Waals surface area (Å²) in [5.41, 5.74) is -2.87. The van der Waals surface area contributed by atoms with Crippen molar-refractivity contribution >= 4 is 17.8 Å². The van der Waals surface area contributed by atoms with Gasteiger partial charge in [0.05, 0.1) is 14.2 Å². The van der Waals surface area contributed by atoms with Crippen molar-refractivity contribution < 1.29 is 37.0 Å². The van der Waals surface area contributed by atoms with E-state index in [1.54, 1.807) is 42.7 Å². The fraction of sp³-hybridized carbons (Fsp3) is 0.526. The molecule has 1 fully saturated rings. The Morgan fingerprint density at radius 3 is 2.37 bits per heavy atom. The van der Waals surface area contributed by atoms with Crippen molar-refractivity contribution in [2.24, 2.45) is 5.92 Å². The van der Waals surface area contributed by atoms with Crippen LogP contribution in [0.2, 0.25) is 0 Å². The average molecular weight is 431 g/mol. The lowest BCUT2D eigenvalue weighted by molar-refractivity contribution is -0.204. The first kappa shape index (κ1) is 23.3. The number of ether oxygens (including phenoxy) is 2. The largest absolute Gasteiger partial charge is 0.493 e. The van der Waals surface area contributed by atoms with E-state index >= 15 is 0 Å². The van der Waals surface area contributed by atoms with E-state index in [0.29, 0.717) is 22.0 Å². The predicted octanol–water partition coefficient (Wildman–Crippen LogP) is 2.22. The van der Waals surface area contributed by atoms with E-state index in [0.717, 1.165) is 0 Å². The summed E-state index contributed by atoms with van der Waals surface area (Å²) in [7, 11) is 2.88. The van der Waals surface area contributed by atoms with E-state index in [4.69, 9.17) is 9.47 Å². The molecule has 0 spiro atoms. The highest BCUT2D eigenvalue weighted by molar-refractivity contribution is 6.08. The number of rotatable bonds is 8. The summed E-state index contributed by atoms with van der Waals surface area (Å²) < 4.78 is 51.5. The topological polar surface area (TPSA) is 97.0 Å². The number of alkyl halides is 3. The van der Waals surface area contributed by atoms with Crippen LogP contribution in [0.3, 0.4) is 0 Å². The number of hydrogen-bond donors (Lipinski definition) is 2. The van der Waals surface area contributed by atoms with Crippen LogP contribution in [0.5, 0.6) is 11.5 Å². The summed E-state index contributed by atoms with van der Waals surface area (Å²) in [5, 5.41) is 3.31. The average Bonchev–Trinajstić information content (AvgIpc) is 2.89. The summed E-state index contributed by atoms with van der Waals surface area (Å²) in [6.45, 7) is 2.96. The highest BCUT2D eigenvalue weighted by Gasteiger charge is 2.68. The lowest BCUT2D eigenvalue weighted by Gasteiger charge is -2.30. The van der Waals surface area contributed by atoms with Crippen molar-refractivity contribution in [1.82, 2.24) is 15.5 Å². The van der Waals surface area contributed by atoms with Gasteiger partial charge in [-0.1, -0.05) is 19.9 Å². The quantitative estimate of drug-likeness (QED) is 0.616. The molecule has 1 aromatic rings. The second kappa shape index (κ2) is 8.80. The number of carbonyl (C=O) groups is 3. The number of methoxy groups -OCH3 is 2. The molecule has 1 aliphatic rings. The molecular weight excluding hydrogens is 407 g/mol. The molecule has 0 aromatic heterocycles. The molecule has 1 aromatic carbocycles. The van der Waals surface area contributed by atoms with Crippen LogP contribution in [0.25, 0.3) is 0 Å². The van der Waals surface area contributed by atoms with E-state index < -0.39 is 29.7 Å². The third-order valence-electron chi connectivity index (χ3n) is 4.52. The molecule has 2 N–H and O–H groups in total. The maximum Gasteiger partial charge on any atom is 0.440 e. The van der Waals surface area contributed by atoms with Crippen molar-refractivity contribution in [2.45, 2.75) is 38.5 Å². The second-order valence-electron chi connectivity index (χ2n) is 7.22. The molecule has 4 amide bonds. The van der Waals surface area contributed by atoms with Crippen molar-refractivity contribution in [1.29, 1.82) is 0 Å². The zero-order valence-electron chi connectivity index (χ0n) is 17.1. The van der Waals surface area contributed by atoms with Gasteiger partial charge in [-0.15, -0.1) is 0 Å². The van der Waals surface area contributed by atoms with Gasteiger partial charge in [-0.25, -0.2) is 4.79 Å².